The average molecular weight is 394 g/mol. The Kier molecular flexibility index (Phi) is 6.17. The van der Waals surface area contributed by atoms with Crippen LogP contribution in [0.15, 0.2) is 36.8 Å². The molecule has 0 amide bonds. The molecule has 0 atom stereocenters. The molecular weight excluding hydrogens is 374 g/mol. The largest absolute Gasteiger partial charge is 0.471 e. The minimum absolute atomic E-state index is 0. The highest BCUT2D eigenvalue weighted by Gasteiger charge is 2.18. The predicted molar refractivity (Wildman–Crippen MR) is 107 cm³/mol. The number of fused-ring (bicyclic) bond motifs is 1. The molecule has 0 N–H and O–H groups in total. The third-order valence-corrected chi connectivity index (χ3v) is 4.69. The highest BCUT2D eigenvalue weighted by molar-refractivity contribution is 5.85. The highest BCUT2D eigenvalue weighted by atomic mass is 35.5. The van der Waals surface area contributed by atoms with Crippen LogP contribution in [0.1, 0.15) is 41.2 Å². The number of aryl methyl sites for hydroxylation is 2. The van der Waals surface area contributed by atoms with E-state index >= 15 is 0 Å². The molecule has 3 heterocycles. The lowest BCUT2D eigenvalue weighted by Gasteiger charge is -2.20. The number of hydrogen-bond acceptors (Lipinski definition) is 6. The average Bonchev–Trinajstić information content (AvgIpc) is 2.72. The molecule has 1 aliphatic rings. The van der Waals surface area contributed by atoms with Crippen molar-refractivity contribution in [2.24, 2.45) is 0 Å². The van der Waals surface area contributed by atoms with Crippen molar-refractivity contribution in [2.45, 2.75) is 39.2 Å². The lowest BCUT2D eigenvalue weighted by Crippen LogP contribution is -2.09. The molecule has 0 aromatic carbocycles. The van der Waals surface area contributed by atoms with Gasteiger partial charge >= 0.3 is 0 Å². The van der Waals surface area contributed by atoms with E-state index < -0.39 is 0 Å². The van der Waals surface area contributed by atoms with E-state index in [1.54, 1.807) is 18.3 Å². The van der Waals surface area contributed by atoms with E-state index in [2.05, 4.69) is 21.0 Å². The number of halogens is 1. The van der Waals surface area contributed by atoms with Crippen LogP contribution in [0.4, 0.5) is 0 Å². The van der Waals surface area contributed by atoms with Crippen LogP contribution in [0.25, 0.3) is 11.1 Å². The Morgan fingerprint density at radius 1 is 1.07 bits per heavy atom. The second kappa shape index (κ2) is 8.77. The van der Waals surface area contributed by atoms with Crippen molar-refractivity contribution < 1.29 is 4.74 Å². The first-order chi connectivity index (χ1) is 13.2. The molecule has 6 nitrogen and oxygen atoms in total. The van der Waals surface area contributed by atoms with Gasteiger partial charge < -0.3 is 4.74 Å². The fourth-order valence-electron chi connectivity index (χ4n) is 3.27. The topological polar surface area (TPSA) is 84.6 Å². The Labute approximate surface area is 170 Å². The highest BCUT2D eigenvalue weighted by Crippen LogP contribution is 2.33. The lowest BCUT2D eigenvalue weighted by atomic mass is 9.90. The van der Waals surface area contributed by atoms with Crippen molar-refractivity contribution in [3.05, 3.63) is 65.1 Å². The summed E-state index contributed by atoms with van der Waals surface area (Å²) in [5, 5.41) is 8.86. The Morgan fingerprint density at radius 2 is 1.86 bits per heavy atom. The molecule has 4 rings (SSSR count). The van der Waals surface area contributed by atoms with Crippen molar-refractivity contribution in [3.63, 3.8) is 0 Å². The molecule has 7 heteroatoms. The summed E-state index contributed by atoms with van der Waals surface area (Å²) in [6, 6.07) is 7.57. The maximum absolute atomic E-state index is 8.86. The molecule has 0 fully saturated rings. The van der Waals surface area contributed by atoms with Gasteiger partial charge in [-0.3, -0.25) is 4.98 Å². The minimum atomic E-state index is 0. The Balaban J connectivity index is 0.00000225. The molecule has 0 spiro atoms. The summed E-state index contributed by atoms with van der Waals surface area (Å²) in [5.74, 6) is 1.34. The van der Waals surface area contributed by atoms with Gasteiger partial charge in [0.2, 0.25) is 5.88 Å². The Morgan fingerprint density at radius 3 is 2.57 bits per heavy atom. The van der Waals surface area contributed by atoms with Gasteiger partial charge in [0.25, 0.3) is 0 Å². The summed E-state index contributed by atoms with van der Waals surface area (Å²) in [4.78, 5) is 17.6. The second-order valence-electron chi connectivity index (χ2n) is 6.60. The monoisotopic (exact) mass is 393 g/mol. The summed E-state index contributed by atoms with van der Waals surface area (Å²) in [6.07, 6.45) is 9.56. The van der Waals surface area contributed by atoms with E-state index in [1.807, 2.05) is 25.4 Å². The van der Waals surface area contributed by atoms with E-state index in [4.69, 9.17) is 15.0 Å². The minimum Gasteiger partial charge on any atom is -0.471 e. The molecule has 0 saturated heterocycles. The van der Waals surface area contributed by atoms with Crippen LogP contribution in [-0.2, 0) is 19.4 Å². The zero-order valence-electron chi connectivity index (χ0n) is 15.6. The summed E-state index contributed by atoms with van der Waals surface area (Å²) in [6.45, 7) is 2.19. The molecule has 3 aromatic heterocycles. The summed E-state index contributed by atoms with van der Waals surface area (Å²) in [5.41, 5.74) is 5.76. The number of aromatic nitrogens is 4. The van der Waals surface area contributed by atoms with Gasteiger partial charge in [-0.25, -0.2) is 15.0 Å². The number of hydrogen-bond donors (Lipinski definition) is 0. The van der Waals surface area contributed by atoms with Gasteiger partial charge in [-0.2, -0.15) is 5.26 Å². The number of rotatable bonds is 4. The van der Waals surface area contributed by atoms with E-state index in [-0.39, 0.29) is 12.4 Å². The van der Waals surface area contributed by atoms with Crippen LogP contribution in [0.2, 0.25) is 0 Å². The van der Waals surface area contributed by atoms with Gasteiger partial charge in [-0.15, -0.1) is 12.4 Å². The zero-order valence-corrected chi connectivity index (χ0v) is 16.4. The van der Waals surface area contributed by atoms with Crippen LogP contribution >= 0.6 is 12.4 Å². The normalized spacial score (nSPS) is 12.4. The van der Waals surface area contributed by atoms with Gasteiger partial charge in [-0.05, 0) is 55.9 Å². The molecule has 0 bridgehead atoms. The number of nitriles is 1. The van der Waals surface area contributed by atoms with Crippen molar-refractivity contribution in [1.29, 1.82) is 5.26 Å². The molecule has 28 heavy (non-hydrogen) atoms. The third-order valence-electron chi connectivity index (χ3n) is 4.69. The van der Waals surface area contributed by atoms with Crippen molar-refractivity contribution >= 4 is 12.4 Å². The fourth-order valence-corrected chi connectivity index (χ4v) is 3.27. The van der Waals surface area contributed by atoms with Crippen LogP contribution in [0, 0.1) is 18.3 Å². The first-order valence-corrected chi connectivity index (χ1v) is 9.02. The third kappa shape index (κ3) is 4.26. The molecule has 1 aliphatic carbocycles. The molecular formula is C21H20ClN5O. The molecule has 0 aliphatic heterocycles. The summed E-state index contributed by atoms with van der Waals surface area (Å²) < 4.78 is 5.92. The summed E-state index contributed by atoms with van der Waals surface area (Å²) >= 11 is 0. The van der Waals surface area contributed by atoms with Gasteiger partial charge in [0.1, 0.15) is 18.5 Å². The lowest BCUT2D eigenvalue weighted by molar-refractivity contribution is 0.288. The fraction of sp³-hybridized carbons (Fsp3) is 0.286. The van der Waals surface area contributed by atoms with Crippen molar-refractivity contribution in [3.8, 4) is 23.1 Å². The van der Waals surface area contributed by atoms with E-state index in [0.717, 1.165) is 47.6 Å². The zero-order chi connectivity index (χ0) is 18.6. The SMILES string of the molecule is Cc1ncc(-c2cc(OCc3ccc(C#N)cn3)nc3c2CCCC3)cn1.Cl. The smallest absolute Gasteiger partial charge is 0.214 e. The van der Waals surface area contributed by atoms with E-state index in [1.165, 1.54) is 12.0 Å². The Hall–Kier alpha value is -3.04. The van der Waals surface area contributed by atoms with Crippen molar-refractivity contribution in [1.82, 2.24) is 19.9 Å². The van der Waals surface area contributed by atoms with Gasteiger partial charge in [0.15, 0.2) is 0 Å². The maximum Gasteiger partial charge on any atom is 0.214 e. The van der Waals surface area contributed by atoms with Gasteiger partial charge in [-0.1, -0.05) is 0 Å². The van der Waals surface area contributed by atoms with Crippen molar-refractivity contribution in [2.75, 3.05) is 0 Å². The molecule has 3 aromatic rings. The van der Waals surface area contributed by atoms with Crippen LogP contribution in [0.5, 0.6) is 5.88 Å². The molecule has 0 unspecified atom stereocenters. The van der Waals surface area contributed by atoms with Crippen LogP contribution < -0.4 is 4.74 Å². The molecule has 0 saturated carbocycles. The van der Waals surface area contributed by atoms with Gasteiger partial charge in [0.05, 0.1) is 11.3 Å². The first kappa shape index (κ1) is 19.7. The standard InChI is InChI=1S/C21H19N5O.ClH/c1-14-23-11-16(12-24-14)19-8-21(26-20-5-3-2-4-18(19)20)27-13-17-7-6-15(9-22)10-25-17;/h6-8,10-12H,2-5,13H2,1H3;1H. The number of pyridine rings is 2. The van der Waals surface area contributed by atoms with E-state index in [9.17, 15) is 0 Å². The van der Waals surface area contributed by atoms with Crippen LogP contribution in [0.3, 0.4) is 0 Å². The molecule has 0 radical (unpaired) electrons. The predicted octanol–water partition coefficient (Wildman–Crippen LogP) is 3.99. The van der Waals surface area contributed by atoms with E-state index in [0.29, 0.717) is 18.1 Å². The Bertz CT molecular complexity index is 997. The molecule has 142 valence electrons. The second-order valence-corrected chi connectivity index (χ2v) is 6.60. The van der Waals surface area contributed by atoms with Gasteiger partial charge in [0, 0.05) is 35.9 Å². The van der Waals surface area contributed by atoms with Crippen LogP contribution in [-0.4, -0.2) is 19.9 Å². The first-order valence-electron chi connectivity index (χ1n) is 9.02. The number of ether oxygens (including phenoxy) is 1. The maximum atomic E-state index is 8.86. The quantitative estimate of drug-likeness (QED) is 0.666. The summed E-state index contributed by atoms with van der Waals surface area (Å²) in [7, 11) is 0. The number of nitrogens with zero attached hydrogens (tertiary/aromatic N) is 5.